The van der Waals surface area contributed by atoms with Crippen molar-refractivity contribution in [2.45, 2.75) is 29.5 Å². The fourth-order valence-corrected chi connectivity index (χ4v) is 5.88. The molecule has 3 unspecified atom stereocenters. The van der Waals surface area contributed by atoms with Gasteiger partial charge >= 0.3 is 0 Å². The van der Waals surface area contributed by atoms with Gasteiger partial charge in [0.05, 0.1) is 5.69 Å². The summed E-state index contributed by atoms with van der Waals surface area (Å²) in [5, 5.41) is 5.64. The summed E-state index contributed by atoms with van der Waals surface area (Å²) in [5.74, 6) is 1.51. The first kappa shape index (κ1) is 15.4. The van der Waals surface area contributed by atoms with Gasteiger partial charge in [0, 0.05) is 38.5 Å². The Morgan fingerprint density at radius 1 is 1.28 bits per heavy atom. The number of hydrogen-bond donors (Lipinski definition) is 1. The Balaban J connectivity index is 1.55. The third-order valence-electron chi connectivity index (χ3n) is 5.92. The van der Waals surface area contributed by atoms with Crippen LogP contribution in [0.5, 0.6) is 0 Å². The van der Waals surface area contributed by atoms with Crippen LogP contribution in [0.3, 0.4) is 0 Å². The van der Waals surface area contributed by atoms with Crippen LogP contribution in [-0.4, -0.2) is 47.1 Å². The summed E-state index contributed by atoms with van der Waals surface area (Å²) in [7, 11) is 4.06. The van der Waals surface area contributed by atoms with Gasteiger partial charge in [0.15, 0.2) is 0 Å². The summed E-state index contributed by atoms with van der Waals surface area (Å²) in [5.41, 5.74) is 3.17. The lowest BCUT2D eigenvalue weighted by Gasteiger charge is -2.24. The van der Waals surface area contributed by atoms with E-state index < -0.39 is 0 Å². The van der Waals surface area contributed by atoms with Gasteiger partial charge < -0.3 is 15.2 Å². The van der Waals surface area contributed by atoms with Crippen LogP contribution < -0.4 is 15.9 Å². The van der Waals surface area contributed by atoms with E-state index in [0.717, 1.165) is 46.8 Å². The quantitative estimate of drug-likeness (QED) is 0.864. The molecule has 1 aromatic heterocycles. The second-order valence-corrected chi connectivity index (χ2v) is 8.70. The zero-order valence-electron chi connectivity index (χ0n) is 14.6. The van der Waals surface area contributed by atoms with Gasteiger partial charge in [-0.1, -0.05) is 18.2 Å². The minimum absolute atomic E-state index is 0.0754. The number of nitrogens with one attached hydrogen (secondary N) is 1. The van der Waals surface area contributed by atoms with E-state index in [1.165, 1.54) is 19.3 Å². The Kier molecular flexibility index (Phi) is 3.42. The summed E-state index contributed by atoms with van der Waals surface area (Å²) in [6.45, 7) is 1.98. The van der Waals surface area contributed by atoms with Gasteiger partial charge in [0.25, 0.3) is 5.56 Å². The highest BCUT2D eigenvalue weighted by Crippen LogP contribution is 2.44. The molecule has 0 spiro atoms. The summed E-state index contributed by atoms with van der Waals surface area (Å²) < 4.78 is 1.77. The predicted octanol–water partition coefficient (Wildman–Crippen LogP) is 1.43. The molecule has 1 saturated heterocycles. The zero-order valence-corrected chi connectivity index (χ0v) is 15.4. The molecule has 7 heteroatoms. The van der Waals surface area contributed by atoms with Crippen molar-refractivity contribution in [3.8, 4) is 0 Å². The number of dihydropyridines is 1. The van der Waals surface area contributed by atoms with Crippen LogP contribution in [0.15, 0.2) is 34.0 Å². The van der Waals surface area contributed by atoms with Crippen LogP contribution in [0.2, 0.25) is 0 Å². The van der Waals surface area contributed by atoms with E-state index in [1.807, 2.05) is 20.3 Å². The van der Waals surface area contributed by atoms with Crippen molar-refractivity contribution in [3.05, 3.63) is 40.3 Å². The molecule has 1 aromatic rings. The maximum Gasteiger partial charge on any atom is 0.286 e. The highest BCUT2D eigenvalue weighted by molar-refractivity contribution is 8.00. The molecule has 0 aromatic carbocycles. The second kappa shape index (κ2) is 5.56. The Morgan fingerprint density at radius 3 is 2.76 bits per heavy atom. The monoisotopic (exact) mass is 357 g/mol. The molecule has 3 aliphatic heterocycles. The highest BCUT2D eigenvalue weighted by Gasteiger charge is 2.39. The van der Waals surface area contributed by atoms with E-state index in [2.05, 4.69) is 21.3 Å². The van der Waals surface area contributed by atoms with Gasteiger partial charge in [-0.15, -0.1) is 0 Å². The zero-order chi connectivity index (χ0) is 17.1. The number of thioether (sulfide) groups is 1. The first-order chi connectivity index (χ1) is 12.1. The van der Waals surface area contributed by atoms with E-state index >= 15 is 0 Å². The molecule has 4 aliphatic rings. The van der Waals surface area contributed by atoms with Crippen molar-refractivity contribution >= 4 is 17.3 Å². The first-order valence-electron chi connectivity index (χ1n) is 9.01. The third kappa shape index (κ3) is 2.25. The normalized spacial score (nSPS) is 29.5. The van der Waals surface area contributed by atoms with E-state index in [-0.39, 0.29) is 10.9 Å². The number of fused-ring (bicyclic) bond motifs is 4. The summed E-state index contributed by atoms with van der Waals surface area (Å²) in [6.07, 6.45) is 9.71. The van der Waals surface area contributed by atoms with E-state index in [0.29, 0.717) is 0 Å². The molecule has 0 amide bonds. The lowest BCUT2D eigenvalue weighted by atomic mass is 10.0. The Morgan fingerprint density at radius 2 is 2.04 bits per heavy atom. The number of nitrogens with zero attached hydrogens (tertiary/aromatic N) is 4. The van der Waals surface area contributed by atoms with Crippen LogP contribution in [0.25, 0.3) is 5.57 Å². The topological polar surface area (TPSA) is 53.4 Å². The number of rotatable bonds is 2. The Hall–Kier alpha value is -1.89. The van der Waals surface area contributed by atoms with Gasteiger partial charge in [-0.2, -0.15) is 0 Å². The smallest absolute Gasteiger partial charge is 0.286 e. The van der Waals surface area contributed by atoms with Gasteiger partial charge in [0.1, 0.15) is 16.6 Å². The molecule has 2 fully saturated rings. The molecule has 5 rings (SSSR count). The predicted molar refractivity (Wildman–Crippen MR) is 99.8 cm³/mol. The minimum atomic E-state index is 0.0754. The van der Waals surface area contributed by atoms with Crippen LogP contribution in [0.1, 0.15) is 25.0 Å². The molecule has 132 valence electrons. The second-order valence-electron chi connectivity index (χ2n) is 7.59. The van der Waals surface area contributed by atoms with Gasteiger partial charge in [0.2, 0.25) is 0 Å². The van der Waals surface area contributed by atoms with E-state index in [1.54, 1.807) is 22.8 Å². The molecule has 4 heterocycles. The van der Waals surface area contributed by atoms with Gasteiger partial charge in [-0.3, -0.25) is 4.79 Å². The maximum atomic E-state index is 13.2. The summed E-state index contributed by atoms with van der Waals surface area (Å²) in [6, 6.07) is 0. The molecule has 25 heavy (non-hydrogen) atoms. The average molecular weight is 357 g/mol. The van der Waals surface area contributed by atoms with Gasteiger partial charge in [-0.25, -0.2) is 9.66 Å². The molecular weight excluding hydrogens is 334 g/mol. The van der Waals surface area contributed by atoms with E-state index in [9.17, 15) is 4.79 Å². The fraction of sp³-hybridized carbons (Fsp3) is 0.556. The van der Waals surface area contributed by atoms with Crippen molar-refractivity contribution in [2.75, 3.05) is 32.2 Å². The standard InChI is InChI=1S/C18H23N5OS/c1-21(2)13-6-7-19-17-14(13)15-16(25-17)18(24)23(10-20-15)22-8-11-4-3-5-12(11)9-22/h6-7,10-12,17,19H,3-5,8-9H2,1-2H3. The van der Waals surface area contributed by atoms with Crippen molar-refractivity contribution in [1.29, 1.82) is 0 Å². The Bertz CT molecular complexity index is 830. The van der Waals surface area contributed by atoms with Crippen LogP contribution in [0, 0.1) is 11.8 Å². The molecule has 0 radical (unpaired) electrons. The molecule has 1 aliphatic carbocycles. The average Bonchev–Trinajstić information content (AvgIpc) is 3.27. The molecule has 6 nitrogen and oxygen atoms in total. The van der Waals surface area contributed by atoms with Crippen molar-refractivity contribution in [3.63, 3.8) is 0 Å². The van der Waals surface area contributed by atoms with E-state index in [4.69, 9.17) is 4.98 Å². The lowest BCUT2D eigenvalue weighted by Crippen LogP contribution is -2.41. The molecule has 1 saturated carbocycles. The number of hydrogen-bond acceptors (Lipinski definition) is 6. The maximum absolute atomic E-state index is 13.2. The lowest BCUT2D eigenvalue weighted by molar-refractivity contribution is 0.494. The first-order valence-corrected chi connectivity index (χ1v) is 9.89. The van der Waals surface area contributed by atoms with Crippen LogP contribution >= 0.6 is 11.8 Å². The Labute approximate surface area is 151 Å². The SMILES string of the molecule is CN(C)C1=C2c3ncn(N4CC5CCCC5C4)c(=O)c3SC2NC=C1. The van der Waals surface area contributed by atoms with Crippen LogP contribution in [0.4, 0.5) is 0 Å². The van der Waals surface area contributed by atoms with Crippen LogP contribution in [-0.2, 0) is 0 Å². The molecule has 3 atom stereocenters. The minimum Gasteiger partial charge on any atom is -0.377 e. The number of allylic oxidation sites excluding steroid dienone is 1. The largest absolute Gasteiger partial charge is 0.377 e. The van der Waals surface area contributed by atoms with Crippen molar-refractivity contribution < 1.29 is 0 Å². The molecular formula is C18H23N5OS. The number of aromatic nitrogens is 2. The van der Waals surface area contributed by atoms with Crippen molar-refractivity contribution in [1.82, 2.24) is 19.9 Å². The summed E-state index contributed by atoms with van der Waals surface area (Å²) in [4.78, 5) is 20.7. The third-order valence-corrected chi connectivity index (χ3v) is 7.14. The fourth-order valence-electron chi connectivity index (χ4n) is 4.68. The van der Waals surface area contributed by atoms with Crippen molar-refractivity contribution in [2.24, 2.45) is 11.8 Å². The summed E-state index contributed by atoms with van der Waals surface area (Å²) >= 11 is 1.59. The van der Waals surface area contributed by atoms with Gasteiger partial charge in [-0.05, 0) is 37.0 Å². The number of likely N-dealkylation sites (N-methyl/N-ethyl adjacent to an activating group) is 1. The highest BCUT2D eigenvalue weighted by atomic mass is 32.2. The molecule has 0 bridgehead atoms. The molecule has 1 N–H and O–H groups in total.